The molecular weight excluding hydrogens is 190 g/mol. The van der Waals surface area contributed by atoms with Crippen LogP contribution in [0.1, 0.15) is 5.69 Å². The van der Waals surface area contributed by atoms with E-state index in [2.05, 4.69) is 21.3 Å². The van der Waals surface area contributed by atoms with Crippen LogP contribution < -0.4 is 4.90 Å². The fourth-order valence-electron chi connectivity index (χ4n) is 1.60. The maximum Gasteiger partial charge on any atom is 0.179 e. The largest absolute Gasteiger partial charge is 0.352 e. The van der Waals surface area contributed by atoms with E-state index in [0.717, 1.165) is 37.7 Å². The van der Waals surface area contributed by atoms with Crippen LogP contribution in [0.25, 0.3) is 0 Å². The lowest BCUT2D eigenvalue weighted by atomic mass is 10.3. The molecule has 1 saturated heterocycles. The van der Waals surface area contributed by atoms with Crippen molar-refractivity contribution in [3.05, 3.63) is 17.8 Å². The fraction of sp³-hybridized carbons (Fsp3) is 0.500. The third kappa shape index (κ3) is 2.15. The minimum absolute atomic E-state index is 0.770. The van der Waals surface area contributed by atoms with E-state index in [1.807, 2.05) is 19.1 Å². The molecule has 15 heavy (non-hydrogen) atoms. The van der Waals surface area contributed by atoms with Crippen LogP contribution >= 0.6 is 0 Å². The normalized spacial score (nSPS) is 16.3. The van der Waals surface area contributed by atoms with Crippen LogP contribution in [-0.2, 0) is 0 Å². The van der Waals surface area contributed by atoms with Gasteiger partial charge in [0.05, 0.1) is 5.69 Å². The minimum Gasteiger partial charge on any atom is -0.352 e. The van der Waals surface area contributed by atoms with Crippen LogP contribution in [0, 0.1) is 18.4 Å². The molecule has 0 saturated carbocycles. The Kier molecular flexibility index (Phi) is 2.68. The van der Waals surface area contributed by atoms with Gasteiger partial charge in [0, 0.05) is 26.2 Å². The Hall–Kier alpha value is -1.83. The summed E-state index contributed by atoms with van der Waals surface area (Å²) in [7, 11) is 0. The average Bonchev–Trinajstić information content (AvgIpc) is 2.30. The minimum atomic E-state index is 0.770. The lowest BCUT2D eigenvalue weighted by Gasteiger charge is -2.32. The van der Waals surface area contributed by atoms with E-state index in [1.165, 1.54) is 0 Å². The molecule has 0 atom stereocenters. The van der Waals surface area contributed by atoms with Gasteiger partial charge in [0.15, 0.2) is 12.0 Å². The standard InChI is InChI=1S/C10H13N5/c1-9-2-3-10(13-12-9)15-6-4-14(8-11)5-7-15/h2-3H,4-7H2,1H3. The van der Waals surface area contributed by atoms with Crippen LogP contribution in [0.4, 0.5) is 5.82 Å². The zero-order valence-electron chi connectivity index (χ0n) is 8.72. The van der Waals surface area contributed by atoms with Crippen molar-refractivity contribution in [1.29, 1.82) is 5.26 Å². The number of aryl methyl sites for hydroxylation is 1. The van der Waals surface area contributed by atoms with Crippen LogP contribution in [0.15, 0.2) is 12.1 Å². The summed E-state index contributed by atoms with van der Waals surface area (Å²) in [5.74, 6) is 0.901. The summed E-state index contributed by atoms with van der Waals surface area (Å²) in [6.07, 6.45) is 2.16. The van der Waals surface area contributed by atoms with Crippen LogP contribution in [0.5, 0.6) is 0 Å². The van der Waals surface area contributed by atoms with Gasteiger partial charge >= 0.3 is 0 Å². The second-order valence-corrected chi connectivity index (χ2v) is 3.61. The molecule has 0 spiro atoms. The number of nitrogens with zero attached hydrogens (tertiary/aromatic N) is 5. The van der Waals surface area contributed by atoms with Gasteiger partial charge in [0.1, 0.15) is 0 Å². The average molecular weight is 203 g/mol. The highest BCUT2D eigenvalue weighted by molar-refractivity contribution is 5.37. The van der Waals surface area contributed by atoms with Crippen LogP contribution in [-0.4, -0.2) is 41.3 Å². The molecule has 1 aromatic rings. The monoisotopic (exact) mass is 203 g/mol. The summed E-state index contributed by atoms with van der Waals surface area (Å²) in [5, 5.41) is 16.9. The van der Waals surface area contributed by atoms with Crippen molar-refractivity contribution in [3.8, 4) is 6.19 Å². The van der Waals surface area contributed by atoms with E-state index in [0.29, 0.717) is 0 Å². The van der Waals surface area contributed by atoms with E-state index in [1.54, 1.807) is 4.90 Å². The van der Waals surface area contributed by atoms with E-state index < -0.39 is 0 Å². The summed E-state index contributed by atoms with van der Waals surface area (Å²) in [6, 6.07) is 3.93. The van der Waals surface area contributed by atoms with Gasteiger partial charge in [-0.1, -0.05) is 0 Å². The molecule has 0 radical (unpaired) electrons. The van der Waals surface area contributed by atoms with Crippen molar-refractivity contribution in [1.82, 2.24) is 15.1 Å². The van der Waals surface area contributed by atoms with E-state index in [4.69, 9.17) is 5.26 Å². The van der Waals surface area contributed by atoms with Gasteiger partial charge in [-0.2, -0.15) is 10.4 Å². The third-order valence-corrected chi connectivity index (χ3v) is 2.53. The first-order valence-corrected chi connectivity index (χ1v) is 4.99. The molecule has 1 aliphatic heterocycles. The lowest BCUT2D eigenvalue weighted by Crippen LogP contribution is -2.44. The first-order valence-electron chi connectivity index (χ1n) is 4.99. The first-order chi connectivity index (χ1) is 7.29. The number of piperazine rings is 1. The highest BCUT2D eigenvalue weighted by Gasteiger charge is 2.16. The first kappa shape index (κ1) is 9.71. The van der Waals surface area contributed by atoms with Gasteiger partial charge in [-0.3, -0.25) is 0 Å². The zero-order chi connectivity index (χ0) is 10.7. The van der Waals surface area contributed by atoms with Gasteiger partial charge in [-0.05, 0) is 19.1 Å². The molecule has 0 bridgehead atoms. The predicted molar refractivity (Wildman–Crippen MR) is 56.2 cm³/mol. The topological polar surface area (TPSA) is 56.0 Å². The number of hydrogen-bond donors (Lipinski definition) is 0. The molecule has 0 aromatic carbocycles. The SMILES string of the molecule is Cc1ccc(N2CCN(C#N)CC2)nn1. The van der Waals surface area contributed by atoms with Crippen molar-refractivity contribution in [3.63, 3.8) is 0 Å². The number of anilines is 1. The molecule has 2 rings (SSSR count). The second kappa shape index (κ2) is 4.13. The molecule has 5 heteroatoms. The Morgan fingerprint density at radius 3 is 2.47 bits per heavy atom. The maximum atomic E-state index is 8.71. The highest BCUT2D eigenvalue weighted by Crippen LogP contribution is 2.11. The summed E-state index contributed by atoms with van der Waals surface area (Å²) < 4.78 is 0. The molecule has 1 aromatic heterocycles. The van der Waals surface area contributed by atoms with Crippen LogP contribution in [0.2, 0.25) is 0 Å². The molecule has 0 unspecified atom stereocenters. The maximum absolute atomic E-state index is 8.71. The summed E-state index contributed by atoms with van der Waals surface area (Å²) in [6.45, 7) is 5.14. The summed E-state index contributed by atoms with van der Waals surface area (Å²) in [5.41, 5.74) is 0.925. The summed E-state index contributed by atoms with van der Waals surface area (Å²) in [4.78, 5) is 3.92. The number of nitriles is 1. The Bertz CT molecular complexity index is 358. The van der Waals surface area contributed by atoms with Gasteiger partial charge < -0.3 is 9.80 Å². The fourth-order valence-corrected chi connectivity index (χ4v) is 1.60. The third-order valence-electron chi connectivity index (χ3n) is 2.53. The molecule has 1 aliphatic rings. The van der Waals surface area contributed by atoms with E-state index >= 15 is 0 Å². The number of rotatable bonds is 1. The molecule has 78 valence electrons. The van der Waals surface area contributed by atoms with Gasteiger partial charge in [0.25, 0.3) is 0 Å². The molecule has 0 amide bonds. The molecule has 0 aliphatic carbocycles. The Morgan fingerprint density at radius 1 is 1.20 bits per heavy atom. The van der Waals surface area contributed by atoms with Crippen molar-refractivity contribution < 1.29 is 0 Å². The Morgan fingerprint density at radius 2 is 1.93 bits per heavy atom. The van der Waals surface area contributed by atoms with Gasteiger partial charge in [-0.25, -0.2) is 0 Å². The van der Waals surface area contributed by atoms with Crippen molar-refractivity contribution >= 4 is 5.82 Å². The van der Waals surface area contributed by atoms with E-state index in [-0.39, 0.29) is 0 Å². The molecule has 5 nitrogen and oxygen atoms in total. The van der Waals surface area contributed by atoms with E-state index in [9.17, 15) is 0 Å². The van der Waals surface area contributed by atoms with Gasteiger partial charge in [0.2, 0.25) is 0 Å². The molecule has 0 N–H and O–H groups in total. The van der Waals surface area contributed by atoms with Crippen LogP contribution in [0.3, 0.4) is 0 Å². The highest BCUT2D eigenvalue weighted by atomic mass is 15.3. The second-order valence-electron chi connectivity index (χ2n) is 3.61. The zero-order valence-corrected chi connectivity index (χ0v) is 8.72. The smallest absolute Gasteiger partial charge is 0.179 e. The predicted octanol–water partition coefficient (Wildman–Crippen LogP) is 0.388. The van der Waals surface area contributed by atoms with Crippen molar-refractivity contribution in [2.24, 2.45) is 0 Å². The Balaban J connectivity index is 2.02. The van der Waals surface area contributed by atoms with Crippen molar-refractivity contribution in [2.75, 3.05) is 31.1 Å². The molecular formula is C10H13N5. The lowest BCUT2D eigenvalue weighted by molar-refractivity contribution is 0.361. The molecule has 2 heterocycles. The molecule has 1 fully saturated rings. The quantitative estimate of drug-likeness (QED) is 0.618. The van der Waals surface area contributed by atoms with Crippen molar-refractivity contribution in [2.45, 2.75) is 6.92 Å². The summed E-state index contributed by atoms with van der Waals surface area (Å²) >= 11 is 0. The Labute approximate surface area is 88.9 Å². The van der Waals surface area contributed by atoms with Gasteiger partial charge in [-0.15, -0.1) is 5.10 Å². The number of hydrogen-bond acceptors (Lipinski definition) is 5. The number of aromatic nitrogens is 2.